The monoisotopic (exact) mass is 591 g/mol. The van der Waals surface area contributed by atoms with Crippen molar-refractivity contribution >= 4 is 28.8 Å². The molecule has 10 nitrogen and oxygen atoms in total. The first-order valence-corrected chi connectivity index (χ1v) is 15.6. The number of hydrogen-bond donors (Lipinski definition) is 2. The number of fused-ring (bicyclic) bond motifs is 3. The zero-order valence-corrected chi connectivity index (χ0v) is 26.0. The fraction of sp³-hybridized carbons (Fsp3) is 0.606. The van der Waals surface area contributed by atoms with Crippen molar-refractivity contribution in [2.75, 3.05) is 13.2 Å². The number of carbonyl (C=O) groups is 3. The molecular formula is C33H45N5O5. The van der Waals surface area contributed by atoms with Crippen LogP contribution in [0.15, 0.2) is 36.4 Å². The first kappa shape index (κ1) is 30.9. The molecule has 3 heterocycles. The van der Waals surface area contributed by atoms with Gasteiger partial charge in [-0.2, -0.15) is 0 Å². The summed E-state index contributed by atoms with van der Waals surface area (Å²) < 4.78 is 11.8. The van der Waals surface area contributed by atoms with E-state index in [2.05, 4.69) is 26.7 Å². The number of rotatable bonds is 5. The van der Waals surface area contributed by atoms with Gasteiger partial charge in [-0.3, -0.25) is 9.59 Å². The van der Waals surface area contributed by atoms with Crippen LogP contribution < -0.4 is 15.4 Å². The Bertz CT molecular complexity index is 1390. The molecule has 43 heavy (non-hydrogen) atoms. The number of nitrogens with zero attached hydrogens (tertiary/aromatic N) is 3. The number of amides is 2. The number of benzene rings is 1. The predicted octanol–water partition coefficient (Wildman–Crippen LogP) is 4.00. The first-order chi connectivity index (χ1) is 20.5. The second-order valence-corrected chi connectivity index (χ2v) is 13.1. The van der Waals surface area contributed by atoms with Crippen molar-refractivity contribution in [3.05, 3.63) is 42.1 Å². The second kappa shape index (κ2) is 12.6. The minimum absolute atomic E-state index is 0.131. The number of ether oxygens (including phenoxy) is 2. The number of hydrogen-bond acceptors (Lipinski definition) is 8. The molecule has 2 fully saturated rings. The van der Waals surface area contributed by atoms with Crippen LogP contribution in [0.1, 0.15) is 78.3 Å². The van der Waals surface area contributed by atoms with Crippen molar-refractivity contribution in [1.82, 2.24) is 25.5 Å². The molecule has 1 aliphatic carbocycles. The van der Waals surface area contributed by atoms with Gasteiger partial charge in [-0.1, -0.05) is 37.1 Å². The van der Waals surface area contributed by atoms with Crippen LogP contribution in [0.25, 0.3) is 11.0 Å². The number of para-hydroxylation sites is 2. The van der Waals surface area contributed by atoms with Gasteiger partial charge in [0.15, 0.2) is 0 Å². The highest BCUT2D eigenvalue weighted by Gasteiger charge is 2.62. The van der Waals surface area contributed by atoms with E-state index in [9.17, 15) is 14.4 Å². The summed E-state index contributed by atoms with van der Waals surface area (Å²) in [5, 5.41) is 6.54. The highest BCUT2D eigenvalue weighted by Crippen LogP contribution is 2.46. The topological polar surface area (TPSA) is 123 Å². The lowest BCUT2D eigenvalue weighted by Gasteiger charge is -2.33. The van der Waals surface area contributed by atoms with E-state index in [1.165, 1.54) is 0 Å². The van der Waals surface area contributed by atoms with Crippen molar-refractivity contribution in [2.45, 2.75) is 109 Å². The fourth-order valence-corrected chi connectivity index (χ4v) is 6.26. The largest absolute Gasteiger partial charge is 0.471 e. The van der Waals surface area contributed by atoms with Crippen molar-refractivity contribution in [3.63, 3.8) is 0 Å². The third-order valence-corrected chi connectivity index (χ3v) is 8.47. The van der Waals surface area contributed by atoms with E-state index in [4.69, 9.17) is 9.47 Å². The quantitative estimate of drug-likeness (QED) is 0.395. The number of allylic oxidation sites excluding steroid dienone is 1. The van der Waals surface area contributed by atoms with Crippen LogP contribution >= 0.6 is 0 Å². The SMILES string of the molecule is CCOC(=O)C12CC1/C=C\CCCCC[C@H](NC(C)(C)C)C(=O)N1CC(Oc3nc4ccccc4nc3C)C[C@H]1C(=O)N2. The van der Waals surface area contributed by atoms with E-state index >= 15 is 0 Å². The summed E-state index contributed by atoms with van der Waals surface area (Å²) >= 11 is 0. The smallest absolute Gasteiger partial charge is 0.332 e. The van der Waals surface area contributed by atoms with Gasteiger partial charge in [0.05, 0.1) is 30.2 Å². The Hall–Kier alpha value is -3.53. The van der Waals surface area contributed by atoms with Gasteiger partial charge in [0, 0.05) is 17.9 Å². The van der Waals surface area contributed by atoms with E-state index in [0.717, 1.165) is 31.2 Å². The fourth-order valence-electron chi connectivity index (χ4n) is 6.26. The van der Waals surface area contributed by atoms with E-state index in [0.29, 0.717) is 29.9 Å². The van der Waals surface area contributed by atoms with Crippen LogP contribution in [0.4, 0.5) is 0 Å². The Labute approximate surface area is 254 Å². The van der Waals surface area contributed by atoms with Crippen LogP contribution in [0.5, 0.6) is 5.88 Å². The maximum Gasteiger partial charge on any atom is 0.332 e. The molecular weight excluding hydrogens is 546 g/mol. The molecule has 1 aromatic carbocycles. The second-order valence-electron chi connectivity index (χ2n) is 13.1. The van der Waals surface area contributed by atoms with E-state index in [1.54, 1.807) is 11.8 Å². The van der Waals surface area contributed by atoms with Crippen LogP contribution in [0.3, 0.4) is 0 Å². The Morgan fingerprint density at radius 1 is 1.14 bits per heavy atom. The number of esters is 1. The number of aromatic nitrogens is 2. The average molecular weight is 592 g/mol. The molecule has 1 saturated heterocycles. The van der Waals surface area contributed by atoms with Crippen molar-refractivity contribution in [3.8, 4) is 5.88 Å². The minimum atomic E-state index is -1.11. The molecule has 232 valence electrons. The lowest BCUT2D eigenvalue weighted by atomic mass is 10.0. The standard InChI is InChI=1S/C33H45N5O5/c1-6-42-31(41)33-19-22(33)14-10-8-7-9-11-17-26(36-32(3,4)5)30(40)38-20-23(18-27(38)28(39)37-33)43-29-21(2)34-24-15-12-13-16-25(24)35-29/h10,12-16,22-23,26-27,36H,6-9,11,17-20H2,1-5H3,(H,37,39)/b14-10-/t22?,23?,26-,27-,33?/m0/s1. The molecule has 2 N–H and O–H groups in total. The van der Waals surface area contributed by atoms with Gasteiger partial charge >= 0.3 is 5.97 Å². The molecule has 2 amide bonds. The van der Waals surface area contributed by atoms with E-state index in [-0.39, 0.29) is 42.8 Å². The van der Waals surface area contributed by atoms with E-state index < -0.39 is 29.7 Å². The summed E-state index contributed by atoms with van der Waals surface area (Å²) in [6.07, 6.45) is 8.84. The van der Waals surface area contributed by atoms with Gasteiger partial charge in [-0.25, -0.2) is 14.8 Å². The van der Waals surface area contributed by atoms with E-state index in [1.807, 2.05) is 58.0 Å². The average Bonchev–Trinajstić information content (AvgIpc) is 3.48. The molecule has 2 aliphatic heterocycles. The van der Waals surface area contributed by atoms with Gasteiger partial charge < -0.3 is 25.0 Å². The van der Waals surface area contributed by atoms with Crippen LogP contribution in [-0.4, -0.2) is 75.1 Å². The minimum Gasteiger partial charge on any atom is -0.471 e. The molecule has 2 aromatic rings. The van der Waals surface area contributed by atoms with Gasteiger partial charge in [-0.05, 0) is 72.4 Å². The molecule has 3 aliphatic rings. The third kappa shape index (κ3) is 7.00. The van der Waals surface area contributed by atoms with Crippen LogP contribution in [0, 0.1) is 12.8 Å². The molecule has 5 rings (SSSR count). The summed E-state index contributed by atoms with van der Waals surface area (Å²) in [5.41, 5.74) is 0.714. The summed E-state index contributed by atoms with van der Waals surface area (Å²) in [4.78, 5) is 52.3. The Balaban J connectivity index is 1.45. The third-order valence-electron chi connectivity index (χ3n) is 8.47. The normalized spacial score (nSPS) is 29.1. The van der Waals surface area contributed by atoms with Crippen LogP contribution in [-0.2, 0) is 19.1 Å². The summed E-state index contributed by atoms with van der Waals surface area (Å²) in [5.74, 6) is -0.675. The Morgan fingerprint density at radius 3 is 2.60 bits per heavy atom. The number of nitrogens with one attached hydrogen (secondary N) is 2. The molecule has 0 radical (unpaired) electrons. The number of carbonyl (C=O) groups excluding carboxylic acids is 3. The molecule has 3 unspecified atom stereocenters. The first-order valence-electron chi connectivity index (χ1n) is 15.6. The Kier molecular flexibility index (Phi) is 9.06. The Morgan fingerprint density at radius 2 is 1.88 bits per heavy atom. The number of aryl methyl sites for hydroxylation is 1. The maximum absolute atomic E-state index is 14.2. The van der Waals surface area contributed by atoms with Crippen LogP contribution in [0.2, 0.25) is 0 Å². The molecule has 0 spiro atoms. The zero-order chi connectivity index (χ0) is 30.8. The van der Waals surface area contributed by atoms with Gasteiger partial charge in [-0.15, -0.1) is 0 Å². The van der Waals surface area contributed by atoms with Gasteiger partial charge in [0.1, 0.15) is 23.4 Å². The maximum atomic E-state index is 14.2. The highest BCUT2D eigenvalue weighted by atomic mass is 16.5. The van der Waals surface area contributed by atoms with Crippen molar-refractivity contribution in [2.24, 2.45) is 5.92 Å². The molecule has 1 aromatic heterocycles. The summed E-state index contributed by atoms with van der Waals surface area (Å²) in [6.45, 7) is 10.2. The zero-order valence-electron chi connectivity index (χ0n) is 26.0. The van der Waals surface area contributed by atoms with Gasteiger partial charge in [0.25, 0.3) is 0 Å². The highest BCUT2D eigenvalue weighted by molar-refractivity contribution is 5.96. The predicted molar refractivity (Wildman–Crippen MR) is 163 cm³/mol. The lowest BCUT2D eigenvalue weighted by Crippen LogP contribution is -2.57. The molecule has 0 bridgehead atoms. The molecule has 5 atom stereocenters. The van der Waals surface area contributed by atoms with Crippen molar-refractivity contribution in [1.29, 1.82) is 0 Å². The van der Waals surface area contributed by atoms with Gasteiger partial charge in [0.2, 0.25) is 17.7 Å². The molecule has 10 heteroatoms. The lowest BCUT2D eigenvalue weighted by molar-refractivity contribution is -0.150. The molecule has 1 saturated carbocycles. The summed E-state index contributed by atoms with van der Waals surface area (Å²) in [6, 6.07) is 6.32. The van der Waals surface area contributed by atoms with Crippen molar-refractivity contribution < 1.29 is 23.9 Å². The summed E-state index contributed by atoms with van der Waals surface area (Å²) in [7, 11) is 0.